The summed E-state index contributed by atoms with van der Waals surface area (Å²) in [5.74, 6) is 0. The van der Waals surface area contributed by atoms with E-state index in [1.165, 1.54) is 5.69 Å². The minimum atomic E-state index is 0.568. The lowest BCUT2D eigenvalue weighted by molar-refractivity contribution is 0.561. The van der Waals surface area contributed by atoms with Gasteiger partial charge in [-0.15, -0.1) is 0 Å². The van der Waals surface area contributed by atoms with Gasteiger partial charge in [-0.1, -0.05) is 13.8 Å². The first kappa shape index (κ1) is 10.3. The van der Waals surface area contributed by atoms with E-state index >= 15 is 0 Å². The molecule has 0 unspecified atom stereocenters. The average Bonchev–Trinajstić information content (AvgIpc) is 2.51. The van der Waals surface area contributed by atoms with E-state index in [4.69, 9.17) is 0 Å². The van der Waals surface area contributed by atoms with Gasteiger partial charge >= 0.3 is 0 Å². The summed E-state index contributed by atoms with van der Waals surface area (Å²) in [6.07, 6.45) is 2.93. The van der Waals surface area contributed by atoms with Crippen LogP contribution in [-0.4, -0.2) is 22.4 Å². The fourth-order valence-corrected chi connectivity index (χ4v) is 1.35. The summed E-state index contributed by atoms with van der Waals surface area (Å²) in [6.45, 7) is 8.44. The second-order valence-corrected chi connectivity index (χ2v) is 3.50. The van der Waals surface area contributed by atoms with Gasteiger partial charge in [-0.25, -0.2) is 0 Å². The van der Waals surface area contributed by atoms with Crippen LogP contribution in [0.5, 0.6) is 0 Å². The highest BCUT2D eigenvalue weighted by Gasteiger charge is 2.00. The highest BCUT2D eigenvalue weighted by molar-refractivity contribution is 5.00. The largest absolute Gasteiger partial charge is 0.314 e. The molecule has 0 radical (unpaired) electrons. The number of aryl methyl sites for hydroxylation is 1. The van der Waals surface area contributed by atoms with Gasteiger partial charge in [0.05, 0.1) is 0 Å². The lowest BCUT2D eigenvalue weighted by Gasteiger charge is -2.08. The maximum atomic E-state index is 4.22. The Kier molecular flexibility index (Phi) is 3.96. The summed E-state index contributed by atoms with van der Waals surface area (Å²) in [7, 11) is 0. The molecule has 0 fully saturated rings. The summed E-state index contributed by atoms with van der Waals surface area (Å²) in [5, 5.41) is 7.62. The van der Waals surface area contributed by atoms with Crippen molar-refractivity contribution in [2.75, 3.05) is 6.54 Å². The van der Waals surface area contributed by atoms with Gasteiger partial charge in [-0.05, 0) is 13.0 Å². The predicted molar refractivity (Wildman–Crippen MR) is 54.7 cm³/mol. The van der Waals surface area contributed by atoms with E-state index in [0.29, 0.717) is 6.04 Å². The van der Waals surface area contributed by atoms with Gasteiger partial charge in [0, 0.05) is 37.4 Å². The summed E-state index contributed by atoms with van der Waals surface area (Å²) in [4.78, 5) is 0. The van der Waals surface area contributed by atoms with Crippen LogP contribution >= 0.6 is 0 Å². The first-order valence-electron chi connectivity index (χ1n) is 4.98. The third-order valence-electron chi connectivity index (χ3n) is 2.04. The van der Waals surface area contributed by atoms with Crippen molar-refractivity contribution in [3.05, 3.63) is 18.0 Å². The van der Waals surface area contributed by atoms with E-state index in [9.17, 15) is 0 Å². The molecule has 0 aromatic carbocycles. The SMILES string of the molecule is CCn1nccc1CCNC(C)C. The van der Waals surface area contributed by atoms with Crippen molar-refractivity contribution in [1.29, 1.82) is 0 Å². The van der Waals surface area contributed by atoms with Gasteiger partial charge < -0.3 is 5.32 Å². The molecule has 0 aliphatic rings. The number of hydrogen-bond donors (Lipinski definition) is 1. The third-order valence-corrected chi connectivity index (χ3v) is 2.04. The van der Waals surface area contributed by atoms with E-state index < -0.39 is 0 Å². The zero-order valence-electron chi connectivity index (χ0n) is 8.75. The summed E-state index contributed by atoms with van der Waals surface area (Å²) >= 11 is 0. The minimum Gasteiger partial charge on any atom is -0.314 e. The molecular formula is C10H19N3. The van der Waals surface area contributed by atoms with Gasteiger partial charge in [-0.3, -0.25) is 4.68 Å². The standard InChI is InChI=1S/C10H19N3/c1-4-13-10(6-8-12-13)5-7-11-9(2)3/h6,8-9,11H,4-5,7H2,1-3H3. The van der Waals surface area contributed by atoms with Crippen LogP contribution in [0.1, 0.15) is 26.5 Å². The van der Waals surface area contributed by atoms with Crippen molar-refractivity contribution < 1.29 is 0 Å². The maximum Gasteiger partial charge on any atom is 0.0492 e. The molecule has 0 spiro atoms. The lowest BCUT2D eigenvalue weighted by atomic mass is 10.3. The van der Waals surface area contributed by atoms with Crippen LogP contribution in [0.25, 0.3) is 0 Å². The number of aromatic nitrogens is 2. The van der Waals surface area contributed by atoms with Crippen LogP contribution in [0.3, 0.4) is 0 Å². The number of nitrogens with zero attached hydrogens (tertiary/aromatic N) is 2. The van der Waals surface area contributed by atoms with Crippen LogP contribution < -0.4 is 5.32 Å². The molecule has 13 heavy (non-hydrogen) atoms. The van der Waals surface area contributed by atoms with Crippen molar-refractivity contribution in [3.8, 4) is 0 Å². The molecule has 0 saturated carbocycles. The number of nitrogens with one attached hydrogen (secondary N) is 1. The molecule has 0 aliphatic heterocycles. The first-order chi connectivity index (χ1) is 6.24. The highest BCUT2D eigenvalue weighted by Crippen LogP contribution is 1.98. The molecule has 1 aromatic heterocycles. The Balaban J connectivity index is 2.36. The fourth-order valence-electron chi connectivity index (χ4n) is 1.35. The third kappa shape index (κ3) is 3.19. The Morgan fingerprint density at radius 2 is 2.31 bits per heavy atom. The van der Waals surface area contributed by atoms with Crippen molar-refractivity contribution in [2.24, 2.45) is 0 Å². The van der Waals surface area contributed by atoms with E-state index in [1.807, 2.05) is 10.9 Å². The molecule has 1 aromatic rings. The van der Waals surface area contributed by atoms with Crippen LogP contribution in [-0.2, 0) is 13.0 Å². The van der Waals surface area contributed by atoms with Crippen molar-refractivity contribution in [3.63, 3.8) is 0 Å². The van der Waals surface area contributed by atoms with Crippen LogP contribution in [0.15, 0.2) is 12.3 Å². The average molecular weight is 181 g/mol. The molecular weight excluding hydrogens is 162 g/mol. The molecule has 3 nitrogen and oxygen atoms in total. The Bertz CT molecular complexity index is 240. The van der Waals surface area contributed by atoms with Crippen LogP contribution in [0.2, 0.25) is 0 Å². The summed E-state index contributed by atoms with van der Waals surface area (Å²) in [6, 6.07) is 2.66. The number of rotatable bonds is 5. The molecule has 1 N–H and O–H groups in total. The summed E-state index contributed by atoms with van der Waals surface area (Å²) in [5.41, 5.74) is 1.32. The second-order valence-electron chi connectivity index (χ2n) is 3.50. The molecule has 0 atom stereocenters. The molecule has 74 valence electrons. The Labute approximate surface area is 80.1 Å². The van der Waals surface area contributed by atoms with Gasteiger partial charge in [-0.2, -0.15) is 5.10 Å². The molecule has 0 amide bonds. The fraction of sp³-hybridized carbons (Fsp3) is 0.700. The molecule has 0 saturated heterocycles. The molecule has 1 rings (SSSR count). The smallest absolute Gasteiger partial charge is 0.0492 e. The minimum absolute atomic E-state index is 0.568. The Morgan fingerprint density at radius 1 is 1.54 bits per heavy atom. The van der Waals surface area contributed by atoms with E-state index in [1.54, 1.807) is 0 Å². The van der Waals surface area contributed by atoms with Crippen LogP contribution in [0, 0.1) is 0 Å². The van der Waals surface area contributed by atoms with Crippen LogP contribution in [0.4, 0.5) is 0 Å². The van der Waals surface area contributed by atoms with Gasteiger partial charge in [0.1, 0.15) is 0 Å². The molecule has 0 aliphatic carbocycles. The number of hydrogen-bond acceptors (Lipinski definition) is 2. The zero-order chi connectivity index (χ0) is 9.68. The quantitative estimate of drug-likeness (QED) is 0.745. The van der Waals surface area contributed by atoms with E-state index in [-0.39, 0.29) is 0 Å². The van der Waals surface area contributed by atoms with Gasteiger partial charge in [0.2, 0.25) is 0 Å². The predicted octanol–water partition coefficient (Wildman–Crippen LogP) is 1.44. The van der Waals surface area contributed by atoms with Crippen molar-refractivity contribution in [1.82, 2.24) is 15.1 Å². The molecule has 0 bridgehead atoms. The first-order valence-corrected chi connectivity index (χ1v) is 4.98. The second kappa shape index (κ2) is 5.02. The molecule has 3 heteroatoms. The van der Waals surface area contributed by atoms with Crippen molar-refractivity contribution in [2.45, 2.75) is 39.8 Å². The lowest BCUT2D eigenvalue weighted by Crippen LogP contribution is -2.25. The summed E-state index contributed by atoms with van der Waals surface area (Å²) < 4.78 is 2.04. The van der Waals surface area contributed by atoms with Crippen molar-refractivity contribution >= 4 is 0 Å². The highest BCUT2D eigenvalue weighted by atomic mass is 15.3. The van der Waals surface area contributed by atoms with Gasteiger partial charge in [0.25, 0.3) is 0 Å². The normalized spacial score (nSPS) is 11.1. The van der Waals surface area contributed by atoms with E-state index in [2.05, 4.69) is 37.3 Å². The topological polar surface area (TPSA) is 29.9 Å². The maximum absolute atomic E-state index is 4.22. The Morgan fingerprint density at radius 3 is 2.92 bits per heavy atom. The monoisotopic (exact) mass is 181 g/mol. The zero-order valence-corrected chi connectivity index (χ0v) is 8.75. The van der Waals surface area contributed by atoms with Gasteiger partial charge in [0.15, 0.2) is 0 Å². The Hall–Kier alpha value is -0.830. The van der Waals surface area contributed by atoms with E-state index in [0.717, 1.165) is 19.5 Å². The molecule has 1 heterocycles.